The molecule has 2 aromatic rings. The summed E-state index contributed by atoms with van der Waals surface area (Å²) in [5, 5.41) is 12.4. The first-order valence-electron chi connectivity index (χ1n) is 9.32. The van der Waals surface area contributed by atoms with Gasteiger partial charge in [-0.15, -0.1) is 10.2 Å². The predicted octanol–water partition coefficient (Wildman–Crippen LogP) is 2.74. The van der Waals surface area contributed by atoms with Gasteiger partial charge in [0, 0.05) is 38.8 Å². The Kier molecular flexibility index (Phi) is 6.94. The fourth-order valence-corrected chi connectivity index (χ4v) is 3.92. The second-order valence-corrected chi connectivity index (χ2v) is 7.55. The second-order valence-electron chi connectivity index (χ2n) is 6.61. The lowest BCUT2D eigenvalue weighted by atomic mass is 10.2. The molecular formula is C19H27N5OS. The number of carbonyl (C=O) groups excluding carboxylic acids is 1. The van der Waals surface area contributed by atoms with Crippen LogP contribution in [-0.4, -0.2) is 46.6 Å². The van der Waals surface area contributed by atoms with Gasteiger partial charge >= 0.3 is 0 Å². The van der Waals surface area contributed by atoms with E-state index in [2.05, 4.69) is 44.2 Å². The fraction of sp³-hybridized carbons (Fsp3) is 0.526. The number of hydrogen-bond donors (Lipinski definition) is 1. The maximum atomic E-state index is 12.1. The monoisotopic (exact) mass is 373 g/mol. The SMILES string of the molecule is CN(CCCNC(=O)CSc1nnc2n1CCCCC2)c1ccccc1. The number of rotatable bonds is 8. The zero-order valence-corrected chi connectivity index (χ0v) is 16.2. The Hall–Kier alpha value is -2.02. The summed E-state index contributed by atoms with van der Waals surface area (Å²) >= 11 is 1.49. The first kappa shape index (κ1) is 18.8. The van der Waals surface area contributed by atoms with Crippen molar-refractivity contribution in [2.45, 2.75) is 43.8 Å². The quantitative estimate of drug-likeness (QED) is 0.569. The molecule has 0 spiro atoms. The zero-order chi connectivity index (χ0) is 18.2. The van der Waals surface area contributed by atoms with Gasteiger partial charge in [0.05, 0.1) is 5.75 Å². The van der Waals surface area contributed by atoms with Crippen molar-refractivity contribution in [2.75, 3.05) is 30.8 Å². The van der Waals surface area contributed by atoms with Crippen molar-refractivity contribution in [3.63, 3.8) is 0 Å². The molecular weight excluding hydrogens is 346 g/mol. The predicted molar refractivity (Wildman–Crippen MR) is 106 cm³/mol. The van der Waals surface area contributed by atoms with Crippen LogP contribution in [0.5, 0.6) is 0 Å². The van der Waals surface area contributed by atoms with Crippen LogP contribution in [0.2, 0.25) is 0 Å². The van der Waals surface area contributed by atoms with Crippen molar-refractivity contribution in [1.82, 2.24) is 20.1 Å². The van der Waals surface area contributed by atoms with Gasteiger partial charge in [0.2, 0.25) is 5.91 Å². The van der Waals surface area contributed by atoms with Crippen LogP contribution in [0.3, 0.4) is 0 Å². The standard InChI is InChI=1S/C19H27N5OS/c1-23(16-9-4-2-5-10-16)13-8-12-20-18(25)15-26-19-22-21-17-11-6-3-7-14-24(17)19/h2,4-5,9-10H,3,6-8,11-15H2,1H3,(H,20,25). The van der Waals surface area contributed by atoms with Crippen molar-refractivity contribution in [2.24, 2.45) is 0 Å². The fourth-order valence-electron chi connectivity index (χ4n) is 3.10. The summed E-state index contributed by atoms with van der Waals surface area (Å²) in [6.45, 7) is 2.57. The van der Waals surface area contributed by atoms with E-state index in [1.54, 1.807) is 0 Å². The Labute approximate surface area is 159 Å². The Morgan fingerprint density at radius 2 is 2.08 bits per heavy atom. The van der Waals surface area contributed by atoms with E-state index in [1.807, 2.05) is 18.2 Å². The third-order valence-electron chi connectivity index (χ3n) is 4.60. The van der Waals surface area contributed by atoms with Gasteiger partial charge in [-0.05, 0) is 31.4 Å². The molecule has 0 saturated heterocycles. The molecule has 26 heavy (non-hydrogen) atoms. The normalized spacial score (nSPS) is 13.7. The van der Waals surface area contributed by atoms with Gasteiger partial charge in [0.15, 0.2) is 5.16 Å². The number of para-hydroxylation sites is 1. The molecule has 7 heteroatoms. The highest BCUT2D eigenvalue weighted by Gasteiger charge is 2.15. The molecule has 0 saturated carbocycles. The molecule has 0 aliphatic carbocycles. The highest BCUT2D eigenvalue weighted by atomic mass is 32.2. The molecule has 6 nitrogen and oxygen atoms in total. The van der Waals surface area contributed by atoms with Gasteiger partial charge in [-0.2, -0.15) is 0 Å². The van der Waals surface area contributed by atoms with Crippen LogP contribution < -0.4 is 10.2 Å². The van der Waals surface area contributed by atoms with Crippen LogP contribution in [0, 0.1) is 0 Å². The first-order chi connectivity index (χ1) is 12.7. The number of fused-ring (bicyclic) bond motifs is 1. The number of carbonyl (C=O) groups is 1. The Morgan fingerprint density at radius 3 is 2.92 bits per heavy atom. The van der Waals surface area contributed by atoms with Crippen molar-refractivity contribution in [1.29, 1.82) is 0 Å². The average Bonchev–Trinajstić information content (AvgIpc) is 2.90. The molecule has 0 radical (unpaired) electrons. The van der Waals surface area contributed by atoms with Gasteiger partial charge in [0.25, 0.3) is 0 Å². The van der Waals surface area contributed by atoms with Crippen LogP contribution in [-0.2, 0) is 17.8 Å². The lowest BCUT2D eigenvalue weighted by Crippen LogP contribution is -2.29. The van der Waals surface area contributed by atoms with E-state index in [1.165, 1.54) is 36.7 Å². The maximum absolute atomic E-state index is 12.1. The average molecular weight is 374 g/mol. The molecule has 1 aromatic carbocycles. The number of nitrogens with one attached hydrogen (secondary N) is 1. The van der Waals surface area contributed by atoms with E-state index in [9.17, 15) is 4.79 Å². The molecule has 0 bridgehead atoms. The van der Waals surface area contributed by atoms with Gasteiger partial charge in [-0.3, -0.25) is 4.79 Å². The lowest BCUT2D eigenvalue weighted by molar-refractivity contribution is -0.118. The zero-order valence-electron chi connectivity index (χ0n) is 15.4. The molecule has 2 heterocycles. The Balaban J connectivity index is 1.35. The number of aryl methyl sites for hydroxylation is 1. The van der Waals surface area contributed by atoms with Crippen LogP contribution in [0.4, 0.5) is 5.69 Å². The minimum Gasteiger partial charge on any atom is -0.375 e. The van der Waals surface area contributed by atoms with E-state index in [-0.39, 0.29) is 5.91 Å². The molecule has 3 rings (SSSR count). The van der Waals surface area contributed by atoms with E-state index >= 15 is 0 Å². The number of aromatic nitrogens is 3. The van der Waals surface area contributed by atoms with E-state index < -0.39 is 0 Å². The van der Waals surface area contributed by atoms with Crippen LogP contribution in [0.1, 0.15) is 31.5 Å². The second kappa shape index (κ2) is 9.62. The molecule has 1 N–H and O–H groups in total. The van der Waals surface area contributed by atoms with Crippen LogP contribution >= 0.6 is 11.8 Å². The molecule has 1 amide bonds. The number of hydrogen-bond acceptors (Lipinski definition) is 5. The summed E-state index contributed by atoms with van der Waals surface area (Å²) < 4.78 is 2.18. The van der Waals surface area contributed by atoms with Crippen molar-refractivity contribution in [3.8, 4) is 0 Å². The van der Waals surface area contributed by atoms with Crippen molar-refractivity contribution >= 4 is 23.4 Å². The summed E-state index contributed by atoms with van der Waals surface area (Å²) in [6, 6.07) is 10.3. The molecule has 0 atom stereocenters. The Morgan fingerprint density at radius 1 is 1.23 bits per heavy atom. The highest BCUT2D eigenvalue weighted by Crippen LogP contribution is 2.21. The van der Waals surface area contributed by atoms with Gasteiger partial charge < -0.3 is 14.8 Å². The summed E-state index contributed by atoms with van der Waals surface area (Å²) in [5.41, 5.74) is 1.20. The largest absolute Gasteiger partial charge is 0.375 e. The number of thioether (sulfide) groups is 1. The maximum Gasteiger partial charge on any atom is 0.230 e. The van der Waals surface area contributed by atoms with E-state index in [0.29, 0.717) is 12.3 Å². The Bertz CT molecular complexity index is 703. The minimum absolute atomic E-state index is 0.0586. The first-order valence-corrected chi connectivity index (χ1v) is 10.3. The highest BCUT2D eigenvalue weighted by molar-refractivity contribution is 7.99. The van der Waals surface area contributed by atoms with Crippen molar-refractivity contribution in [3.05, 3.63) is 36.2 Å². The number of anilines is 1. The topological polar surface area (TPSA) is 63.1 Å². The molecule has 1 aromatic heterocycles. The molecule has 1 aliphatic heterocycles. The van der Waals surface area contributed by atoms with Crippen molar-refractivity contribution < 1.29 is 4.79 Å². The molecule has 0 unspecified atom stereocenters. The van der Waals surface area contributed by atoms with Gasteiger partial charge in [-0.1, -0.05) is 36.4 Å². The smallest absolute Gasteiger partial charge is 0.230 e. The summed E-state index contributed by atoms with van der Waals surface area (Å²) in [5.74, 6) is 1.52. The van der Waals surface area contributed by atoms with E-state index in [0.717, 1.165) is 36.9 Å². The molecule has 1 aliphatic rings. The molecule has 140 valence electrons. The summed E-state index contributed by atoms with van der Waals surface area (Å²) in [4.78, 5) is 14.3. The summed E-state index contributed by atoms with van der Waals surface area (Å²) in [7, 11) is 2.07. The van der Waals surface area contributed by atoms with Gasteiger partial charge in [-0.25, -0.2) is 0 Å². The molecule has 0 fully saturated rings. The van der Waals surface area contributed by atoms with E-state index in [4.69, 9.17) is 0 Å². The van der Waals surface area contributed by atoms with Gasteiger partial charge in [0.1, 0.15) is 5.82 Å². The summed E-state index contributed by atoms with van der Waals surface area (Å²) in [6.07, 6.45) is 5.50. The number of nitrogens with zero attached hydrogens (tertiary/aromatic N) is 4. The lowest BCUT2D eigenvalue weighted by Gasteiger charge is -2.19. The number of benzene rings is 1. The third-order valence-corrected chi connectivity index (χ3v) is 5.56. The van der Waals surface area contributed by atoms with Crippen LogP contribution in [0.25, 0.3) is 0 Å². The number of amides is 1. The van der Waals surface area contributed by atoms with Crippen LogP contribution in [0.15, 0.2) is 35.5 Å². The third kappa shape index (κ3) is 5.24. The minimum atomic E-state index is 0.0586.